The maximum Gasteiger partial charge on any atom is 0.213 e. The van der Waals surface area contributed by atoms with Gasteiger partial charge in [-0.05, 0) is 12.8 Å². The second-order valence-electron chi connectivity index (χ2n) is 3.14. The Morgan fingerprint density at radius 1 is 1.53 bits per heavy atom. The SMILES string of the molecule is COC(O)N[C@@H](CCCO)CNCC=O. The number of rotatable bonds is 10. The highest BCUT2D eigenvalue weighted by Gasteiger charge is 2.11. The standard InChI is InChI=1S/C9H20N2O4/c1-15-9(14)11-8(3-2-5-12)7-10-4-6-13/h6,8-12,14H,2-5,7H2,1H3/t8-,9?/m0/s1. The highest BCUT2D eigenvalue weighted by molar-refractivity contribution is 5.51. The minimum absolute atomic E-state index is 0.0351. The monoisotopic (exact) mass is 220 g/mol. The predicted octanol–water partition coefficient (Wildman–Crippen LogP) is -1.57. The molecule has 0 aromatic heterocycles. The molecule has 6 nitrogen and oxygen atoms in total. The summed E-state index contributed by atoms with van der Waals surface area (Å²) in [5, 5.41) is 23.6. The third kappa shape index (κ3) is 8.46. The number of hydrogen-bond acceptors (Lipinski definition) is 6. The molecule has 0 radical (unpaired) electrons. The Kier molecular flexibility index (Phi) is 9.65. The first-order valence-electron chi connectivity index (χ1n) is 4.96. The van der Waals surface area contributed by atoms with Crippen molar-refractivity contribution in [3.05, 3.63) is 0 Å². The lowest BCUT2D eigenvalue weighted by Crippen LogP contribution is -2.45. The van der Waals surface area contributed by atoms with Crippen LogP contribution >= 0.6 is 0 Å². The molecule has 0 spiro atoms. The van der Waals surface area contributed by atoms with Crippen LogP contribution in [0.1, 0.15) is 12.8 Å². The van der Waals surface area contributed by atoms with Crippen molar-refractivity contribution in [1.82, 2.24) is 10.6 Å². The molecule has 2 atom stereocenters. The minimum Gasteiger partial charge on any atom is -0.396 e. The van der Waals surface area contributed by atoms with Gasteiger partial charge in [0.25, 0.3) is 0 Å². The van der Waals surface area contributed by atoms with Crippen molar-refractivity contribution in [2.24, 2.45) is 0 Å². The summed E-state index contributed by atoms with van der Waals surface area (Å²) < 4.78 is 4.65. The van der Waals surface area contributed by atoms with Crippen molar-refractivity contribution in [3.63, 3.8) is 0 Å². The summed E-state index contributed by atoms with van der Waals surface area (Å²) in [5.74, 6) is 0. The van der Waals surface area contributed by atoms with Crippen molar-refractivity contribution < 1.29 is 19.7 Å². The molecule has 0 aromatic carbocycles. The first kappa shape index (κ1) is 14.5. The maximum absolute atomic E-state index is 10.1. The lowest BCUT2D eigenvalue weighted by molar-refractivity contribution is -0.107. The molecule has 1 unspecified atom stereocenters. The second kappa shape index (κ2) is 10.0. The van der Waals surface area contributed by atoms with Gasteiger partial charge in [-0.2, -0.15) is 0 Å². The van der Waals surface area contributed by atoms with Gasteiger partial charge in [-0.25, -0.2) is 0 Å². The number of methoxy groups -OCH3 is 1. The van der Waals surface area contributed by atoms with Gasteiger partial charge in [-0.3, -0.25) is 5.32 Å². The summed E-state index contributed by atoms with van der Waals surface area (Å²) in [6, 6.07) is -0.0351. The lowest BCUT2D eigenvalue weighted by atomic mass is 10.1. The van der Waals surface area contributed by atoms with Crippen LogP contribution in [0.5, 0.6) is 0 Å². The van der Waals surface area contributed by atoms with Crippen LogP contribution in [-0.4, -0.2) is 55.8 Å². The summed E-state index contributed by atoms with van der Waals surface area (Å²) in [6.45, 7) is 0.925. The molecule has 0 heterocycles. The largest absolute Gasteiger partial charge is 0.396 e. The van der Waals surface area contributed by atoms with Crippen molar-refractivity contribution in [3.8, 4) is 0 Å². The van der Waals surface area contributed by atoms with Gasteiger partial charge in [0.2, 0.25) is 6.41 Å². The molecular formula is C9H20N2O4. The molecule has 0 bridgehead atoms. The van der Waals surface area contributed by atoms with E-state index >= 15 is 0 Å². The molecule has 6 heteroatoms. The summed E-state index contributed by atoms with van der Waals surface area (Å²) >= 11 is 0. The third-order valence-electron chi connectivity index (χ3n) is 1.93. The molecule has 0 rings (SSSR count). The molecular weight excluding hydrogens is 200 g/mol. The van der Waals surface area contributed by atoms with Gasteiger partial charge in [-0.15, -0.1) is 0 Å². The van der Waals surface area contributed by atoms with E-state index in [1.165, 1.54) is 7.11 Å². The van der Waals surface area contributed by atoms with E-state index in [0.717, 1.165) is 6.29 Å². The molecule has 0 aromatic rings. The number of carbonyl (C=O) groups excluding carboxylic acids is 1. The maximum atomic E-state index is 10.1. The molecule has 0 saturated carbocycles. The number of aliphatic hydroxyl groups is 2. The second-order valence-corrected chi connectivity index (χ2v) is 3.14. The van der Waals surface area contributed by atoms with Crippen LogP contribution in [0.3, 0.4) is 0 Å². The Morgan fingerprint density at radius 2 is 2.27 bits per heavy atom. The smallest absolute Gasteiger partial charge is 0.213 e. The van der Waals surface area contributed by atoms with E-state index in [4.69, 9.17) is 5.11 Å². The fourth-order valence-electron chi connectivity index (χ4n) is 1.17. The average molecular weight is 220 g/mol. The van der Waals surface area contributed by atoms with E-state index in [0.29, 0.717) is 19.4 Å². The van der Waals surface area contributed by atoms with E-state index in [1.807, 2.05) is 0 Å². The lowest BCUT2D eigenvalue weighted by Gasteiger charge is -2.21. The van der Waals surface area contributed by atoms with E-state index in [2.05, 4.69) is 15.4 Å². The summed E-state index contributed by atoms with van der Waals surface area (Å²) in [5.41, 5.74) is 0. The number of ether oxygens (including phenoxy) is 1. The zero-order valence-electron chi connectivity index (χ0n) is 8.98. The normalized spacial score (nSPS) is 14.9. The fraction of sp³-hybridized carbons (Fsp3) is 0.889. The molecule has 0 saturated heterocycles. The van der Waals surface area contributed by atoms with E-state index in [9.17, 15) is 9.90 Å². The van der Waals surface area contributed by atoms with Gasteiger partial charge in [0, 0.05) is 26.3 Å². The van der Waals surface area contributed by atoms with E-state index in [-0.39, 0.29) is 19.2 Å². The molecule has 0 fully saturated rings. The molecule has 0 amide bonds. The van der Waals surface area contributed by atoms with Crippen LogP contribution < -0.4 is 10.6 Å². The van der Waals surface area contributed by atoms with Crippen molar-refractivity contribution in [2.45, 2.75) is 25.3 Å². The van der Waals surface area contributed by atoms with Gasteiger partial charge in [-0.1, -0.05) is 0 Å². The van der Waals surface area contributed by atoms with E-state index in [1.54, 1.807) is 0 Å². The number of aliphatic hydroxyl groups excluding tert-OH is 2. The molecule has 0 aliphatic carbocycles. The van der Waals surface area contributed by atoms with Crippen LogP contribution in [0.4, 0.5) is 0 Å². The third-order valence-corrected chi connectivity index (χ3v) is 1.93. The Bertz CT molecular complexity index is 157. The molecule has 0 aliphatic heterocycles. The number of hydrogen-bond donors (Lipinski definition) is 4. The average Bonchev–Trinajstić information content (AvgIpc) is 2.25. The first-order chi connectivity index (χ1) is 7.24. The van der Waals surface area contributed by atoms with Crippen molar-refractivity contribution >= 4 is 6.29 Å². The van der Waals surface area contributed by atoms with Crippen molar-refractivity contribution in [2.75, 3.05) is 26.8 Å². The topological polar surface area (TPSA) is 90.8 Å². The van der Waals surface area contributed by atoms with Crippen LogP contribution in [0.25, 0.3) is 0 Å². The Morgan fingerprint density at radius 3 is 2.80 bits per heavy atom. The summed E-state index contributed by atoms with van der Waals surface area (Å²) in [4.78, 5) is 10.1. The highest BCUT2D eigenvalue weighted by atomic mass is 16.6. The zero-order valence-corrected chi connectivity index (χ0v) is 8.98. The van der Waals surface area contributed by atoms with Gasteiger partial charge < -0.3 is 25.1 Å². The zero-order chi connectivity index (χ0) is 11.5. The Balaban J connectivity index is 3.77. The van der Waals surface area contributed by atoms with Crippen LogP contribution in [0.15, 0.2) is 0 Å². The molecule has 4 N–H and O–H groups in total. The van der Waals surface area contributed by atoms with Gasteiger partial charge in [0.15, 0.2) is 0 Å². The highest BCUT2D eigenvalue weighted by Crippen LogP contribution is 1.97. The number of nitrogens with one attached hydrogen (secondary N) is 2. The van der Waals surface area contributed by atoms with Gasteiger partial charge in [0.1, 0.15) is 6.29 Å². The van der Waals surface area contributed by atoms with Crippen LogP contribution in [0.2, 0.25) is 0 Å². The fourth-order valence-corrected chi connectivity index (χ4v) is 1.17. The minimum atomic E-state index is -1.02. The molecule has 0 aliphatic rings. The summed E-state index contributed by atoms with van der Waals surface area (Å²) in [6.07, 6.45) is 1.09. The Hall–Kier alpha value is -0.530. The van der Waals surface area contributed by atoms with Crippen molar-refractivity contribution in [1.29, 1.82) is 0 Å². The molecule has 15 heavy (non-hydrogen) atoms. The summed E-state index contributed by atoms with van der Waals surface area (Å²) in [7, 11) is 1.39. The quantitative estimate of drug-likeness (QED) is 0.202. The number of carbonyl (C=O) groups is 1. The number of aldehydes is 1. The van der Waals surface area contributed by atoms with Gasteiger partial charge >= 0.3 is 0 Å². The van der Waals surface area contributed by atoms with E-state index < -0.39 is 6.41 Å². The van der Waals surface area contributed by atoms with Gasteiger partial charge in [0.05, 0.1) is 6.54 Å². The van der Waals surface area contributed by atoms with Crippen LogP contribution in [-0.2, 0) is 9.53 Å². The predicted molar refractivity (Wildman–Crippen MR) is 55.2 cm³/mol. The first-order valence-corrected chi connectivity index (χ1v) is 4.96. The van der Waals surface area contributed by atoms with Crippen LogP contribution in [0, 0.1) is 0 Å². The molecule has 90 valence electrons. The Labute approximate surface area is 89.6 Å².